The zero-order valence-electron chi connectivity index (χ0n) is 14.9. The molecule has 0 aromatic rings. The second-order valence-electron chi connectivity index (χ2n) is 8.21. The standard InChI is InChI=1S/C19H40N2/c1-3-4-5-6-7-8-9-10-11-12-13-21-17-14-20(2,15-18-21)16-19-21/h3-19H2,1-2H3/q+2. The number of nitrogens with zero attached hydrogens (tertiary/aromatic N) is 2. The van der Waals surface area contributed by atoms with E-state index in [1.165, 1.54) is 119 Å². The Labute approximate surface area is 133 Å². The normalized spacial score (nSPS) is 31.7. The van der Waals surface area contributed by atoms with E-state index in [1.54, 1.807) is 0 Å². The minimum absolute atomic E-state index is 1.37. The van der Waals surface area contributed by atoms with Gasteiger partial charge >= 0.3 is 0 Å². The molecule has 0 amide bonds. The number of hydrogen-bond donors (Lipinski definition) is 0. The SMILES string of the molecule is CCCCCCCCCCCC[N+]12CC[N+](C)(CC1)CC2. The average Bonchev–Trinajstić information content (AvgIpc) is 2.51. The molecular weight excluding hydrogens is 256 g/mol. The van der Waals surface area contributed by atoms with Gasteiger partial charge in [0.25, 0.3) is 0 Å². The van der Waals surface area contributed by atoms with Crippen LogP contribution >= 0.6 is 0 Å². The first-order valence-corrected chi connectivity index (χ1v) is 9.87. The maximum absolute atomic E-state index is 2.47. The molecule has 3 heterocycles. The maximum atomic E-state index is 2.47. The summed E-state index contributed by atoms with van der Waals surface area (Å²) in [5, 5.41) is 0. The zero-order valence-corrected chi connectivity index (χ0v) is 14.9. The van der Waals surface area contributed by atoms with Crippen molar-refractivity contribution in [3.8, 4) is 0 Å². The summed E-state index contributed by atoms with van der Waals surface area (Å²) in [6.07, 6.45) is 14.7. The second-order valence-corrected chi connectivity index (χ2v) is 8.21. The summed E-state index contributed by atoms with van der Waals surface area (Å²) >= 11 is 0. The molecule has 0 N–H and O–H groups in total. The Morgan fingerprint density at radius 2 is 1.00 bits per heavy atom. The van der Waals surface area contributed by atoms with Gasteiger partial charge in [-0.15, -0.1) is 0 Å². The van der Waals surface area contributed by atoms with Gasteiger partial charge in [0.1, 0.15) is 39.3 Å². The van der Waals surface area contributed by atoms with E-state index in [0.717, 1.165) is 0 Å². The molecule has 0 aliphatic carbocycles. The van der Waals surface area contributed by atoms with E-state index in [9.17, 15) is 0 Å². The van der Waals surface area contributed by atoms with Crippen LogP contribution in [0.5, 0.6) is 0 Å². The lowest BCUT2D eigenvalue weighted by molar-refractivity contribution is -1.07. The van der Waals surface area contributed by atoms with E-state index < -0.39 is 0 Å². The first-order chi connectivity index (χ1) is 10.2. The fourth-order valence-corrected chi connectivity index (χ4v) is 4.30. The lowest BCUT2D eigenvalue weighted by Gasteiger charge is -2.54. The fraction of sp³-hybridized carbons (Fsp3) is 1.00. The molecule has 0 atom stereocenters. The number of rotatable bonds is 11. The molecule has 0 saturated carbocycles. The van der Waals surface area contributed by atoms with Crippen molar-refractivity contribution in [1.29, 1.82) is 0 Å². The predicted molar refractivity (Wildman–Crippen MR) is 92.4 cm³/mol. The summed E-state index contributed by atoms with van der Waals surface area (Å²) in [6.45, 7) is 12.5. The Balaban J connectivity index is 1.44. The minimum Gasteiger partial charge on any atom is -0.312 e. The Hall–Kier alpha value is -0.0800. The van der Waals surface area contributed by atoms with Crippen LogP contribution in [0, 0.1) is 0 Å². The molecule has 0 spiro atoms. The number of hydrogen-bond acceptors (Lipinski definition) is 0. The van der Waals surface area contributed by atoms with Gasteiger partial charge in [0.15, 0.2) is 0 Å². The van der Waals surface area contributed by atoms with E-state index in [2.05, 4.69) is 14.0 Å². The van der Waals surface area contributed by atoms with Crippen molar-refractivity contribution in [3.05, 3.63) is 0 Å². The molecule has 21 heavy (non-hydrogen) atoms. The van der Waals surface area contributed by atoms with Crippen molar-refractivity contribution < 1.29 is 8.97 Å². The lowest BCUT2D eigenvalue weighted by Crippen LogP contribution is -2.73. The van der Waals surface area contributed by atoms with Crippen LogP contribution in [0.3, 0.4) is 0 Å². The van der Waals surface area contributed by atoms with Gasteiger partial charge in [-0.3, -0.25) is 0 Å². The highest BCUT2D eigenvalue weighted by Gasteiger charge is 2.45. The summed E-state index contributed by atoms with van der Waals surface area (Å²) in [4.78, 5) is 0. The number of unbranched alkanes of at least 4 members (excludes halogenated alkanes) is 9. The van der Waals surface area contributed by atoms with Crippen LogP contribution in [-0.4, -0.2) is 61.8 Å². The third-order valence-corrected chi connectivity index (χ3v) is 6.33. The van der Waals surface area contributed by atoms with Crippen molar-refractivity contribution in [2.45, 2.75) is 71.1 Å². The zero-order chi connectivity index (χ0) is 15.0. The topological polar surface area (TPSA) is 0 Å². The van der Waals surface area contributed by atoms with E-state index in [-0.39, 0.29) is 0 Å². The van der Waals surface area contributed by atoms with E-state index in [1.807, 2.05) is 0 Å². The molecule has 3 aliphatic heterocycles. The van der Waals surface area contributed by atoms with Crippen LogP contribution < -0.4 is 0 Å². The third kappa shape index (κ3) is 5.56. The first kappa shape index (κ1) is 17.3. The van der Waals surface area contributed by atoms with Crippen LogP contribution in [0.4, 0.5) is 0 Å². The summed E-state index contributed by atoms with van der Waals surface area (Å²) in [6, 6.07) is 0. The molecule has 124 valence electrons. The van der Waals surface area contributed by atoms with Crippen LogP contribution in [0.2, 0.25) is 0 Å². The predicted octanol–water partition coefficient (Wildman–Crippen LogP) is 4.20. The van der Waals surface area contributed by atoms with Gasteiger partial charge in [-0.05, 0) is 12.8 Å². The molecule has 3 rings (SSSR count). The Bertz CT molecular complexity index is 263. The van der Waals surface area contributed by atoms with E-state index >= 15 is 0 Å². The van der Waals surface area contributed by atoms with E-state index in [4.69, 9.17) is 0 Å². The molecule has 2 nitrogen and oxygen atoms in total. The number of likely N-dealkylation sites (N-methyl/N-ethyl adjacent to an activating group) is 1. The van der Waals surface area contributed by atoms with Gasteiger partial charge in [0.05, 0.1) is 13.6 Å². The molecule has 0 radical (unpaired) electrons. The minimum atomic E-state index is 1.37. The van der Waals surface area contributed by atoms with Gasteiger partial charge in [-0.25, -0.2) is 0 Å². The smallest absolute Gasteiger partial charge is 0.129 e. The molecule has 0 aromatic heterocycles. The summed E-state index contributed by atoms with van der Waals surface area (Å²) in [7, 11) is 2.47. The summed E-state index contributed by atoms with van der Waals surface area (Å²) < 4.78 is 2.85. The average molecular weight is 297 g/mol. The highest BCUT2D eigenvalue weighted by atomic mass is 15.5. The van der Waals surface area contributed by atoms with E-state index in [0.29, 0.717) is 0 Å². The Morgan fingerprint density at radius 3 is 1.48 bits per heavy atom. The Morgan fingerprint density at radius 1 is 0.571 bits per heavy atom. The molecule has 2 heteroatoms. The van der Waals surface area contributed by atoms with Crippen LogP contribution in [0.15, 0.2) is 0 Å². The van der Waals surface area contributed by atoms with Gasteiger partial charge < -0.3 is 8.97 Å². The molecule has 3 saturated heterocycles. The highest BCUT2D eigenvalue weighted by molar-refractivity contribution is 4.60. The largest absolute Gasteiger partial charge is 0.312 e. The quantitative estimate of drug-likeness (QED) is 0.396. The molecule has 3 aliphatic rings. The van der Waals surface area contributed by atoms with Gasteiger partial charge in [0, 0.05) is 0 Å². The molecular formula is C19H40N2+2. The second kappa shape index (κ2) is 8.53. The summed E-state index contributed by atoms with van der Waals surface area (Å²) in [5.41, 5.74) is 0. The first-order valence-electron chi connectivity index (χ1n) is 9.87. The van der Waals surface area contributed by atoms with Gasteiger partial charge in [0.2, 0.25) is 0 Å². The monoisotopic (exact) mass is 296 g/mol. The van der Waals surface area contributed by atoms with Crippen LogP contribution in [0.1, 0.15) is 71.1 Å². The number of fused-ring (bicyclic) bond motifs is 3. The number of quaternary nitrogens is 2. The van der Waals surface area contributed by atoms with Gasteiger partial charge in [-0.1, -0.05) is 58.3 Å². The van der Waals surface area contributed by atoms with Crippen molar-refractivity contribution in [2.75, 3.05) is 52.9 Å². The molecule has 0 aromatic carbocycles. The maximum Gasteiger partial charge on any atom is 0.129 e. The fourth-order valence-electron chi connectivity index (χ4n) is 4.30. The molecule has 2 bridgehead atoms. The molecule has 0 unspecified atom stereocenters. The highest BCUT2D eigenvalue weighted by Crippen LogP contribution is 2.25. The lowest BCUT2D eigenvalue weighted by atomic mass is 10.0. The van der Waals surface area contributed by atoms with Crippen molar-refractivity contribution in [3.63, 3.8) is 0 Å². The van der Waals surface area contributed by atoms with Crippen molar-refractivity contribution in [2.24, 2.45) is 0 Å². The number of piperazine rings is 3. The van der Waals surface area contributed by atoms with Crippen molar-refractivity contribution >= 4 is 0 Å². The summed E-state index contributed by atoms with van der Waals surface area (Å²) in [5.74, 6) is 0. The van der Waals surface area contributed by atoms with Crippen molar-refractivity contribution in [1.82, 2.24) is 0 Å². The molecule has 3 fully saturated rings. The van der Waals surface area contributed by atoms with Gasteiger partial charge in [-0.2, -0.15) is 0 Å². The van der Waals surface area contributed by atoms with Crippen LogP contribution in [-0.2, 0) is 0 Å². The Kier molecular flexibility index (Phi) is 7.01. The third-order valence-electron chi connectivity index (χ3n) is 6.33. The van der Waals surface area contributed by atoms with Crippen LogP contribution in [0.25, 0.3) is 0 Å².